The molecule has 1 aliphatic rings. The van der Waals surface area contributed by atoms with Crippen LogP contribution in [0.15, 0.2) is 18.2 Å². The quantitative estimate of drug-likeness (QED) is 0.797. The second-order valence-corrected chi connectivity index (χ2v) is 5.53. The lowest BCUT2D eigenvalue weighted by Crippen LogP contribution is -2.45. The lowest BCUT2D eigenvalue weighted by atomic mass is 10.0. The van der Waals surface area contributed by atoms with Gasteiger partial charge in [0, 0.05) is 0 Å². The Morgan fingerprint density at radius 2 is 1.68 bits per heavy atom. The molecule has 1 aromatic rings. The number of carboxylic acid groups (broad SMARTS) is 2. The Morgan fingerprint density at radius 3 is 2.18 bits per heavy atom. The van der Waals surface area contributed by atoms with Crippen LogP contribution in [0, 0.1) is 5.92 Å². The summed E-state index contributed by atoms with van der Waals surface area (Å²) in [6.07, 6.45) is 0.132. The van der Waals surface area contributed by atoms with Gasteiger partial charge in [-0.25, -0.2) is 9.59 Å². The summed E-state index contributed by atoms with van der Waals surface area (Å²) in [5.41, 5.74) is -0.164. The zero-order valence-electron chi connectivity index (χ0n) is 12.1. The Hall–Kier alpha value is -2.70. The van der Waals surface area contributed by atoms with Gasteiger partial charge >= 0.3 is 11.9 Å². The van der Waals surface area contributed by atoms with Crippen molar-refractivity contribution in [3.63, 3.8) is 0 Å². The van der Waals surface area contributed by atoms with Crippen LogP contribution < -0.4 is 0 Å². The van der Waals surface area contributed by atoms with Gasteiger partial charge in [0.2, 0.25) is 0 Å². The van der Waals surface area contributed by atoms with Gasteiger partial charge in [-0.1, -0.05) is 13.8 Å². The van der Waals surface area contributed by atoms with E-state index in [2.05, 4.69) is 0 Å². The minimum absolute atomic E-state index is 0.0278. The average molecular weight is 305 g/mol. The van der Waals surface area contributed by atoms with Crippen molar-refractivity contribution in [1.82, 2.24) is 4.90 Å². The number of aromatic carboxylic acids is 1. The topological polar surface area (TPSA) is 112 Å². The molecule has 1 heterocycles. The molecule has 0 aliphatic carbocycles. The third kappa shape index (κ3) is 2.57. The summed E-state index contributed by atoms with van der Waals surface area (Å²) < 4.78 is 0. The van der Waals surface area contributed by atoms with E-state index >= 15 is 0 Å². The predicted octanol–water partition coefficient (Wildman–Crippen LogP) is 1.48. The highest BCUT2D eigenvalue weighted by Gasteiger charge is 2.43. The van der Waals surface area contributed by atoms with E-state index in [0.717, 1.165) is 6.07 Å². The zero-order chi connectivity index (χ0) is 16.6. The number of hydrogen-bond donors (Lipinski definition) is 2. The third-order valence-corrected chi connectivity index (χ3v) is 3.46. The number of benzene rings is 1. The molecule has 2 amide bonds. The Bertz CT molecular complexity index is 679. The normalized spacial score (nSPS) is 15.1. The molecular formula is C15H15NO6. The van der Waals surface area contributed by atoms with Crippen molar-refractivity contribution >= 4 is 23.8 Å². The van der Waals surface area contributed by atoms with Gasteiger partial charge in [0.05, 0.1) is 16.7 Å². The molecule has 7 nitrogen and oxygen atoms in total. The molecule has 0 bridgehead atoms. The molecule has 0 radical (unpaired) electrons. The van der Waals surface area contributed by atoms with Gasteiger partial charge in [-0.2, -0.15) is 0 Å². The highest BCUT2D eigenvalue weighted by molar-refractivity contribution is 6.23. The lowest BCUT2D eigenvalue weighted by Gasteiger charge is -2.23. The van der Waals surface area contributed by atoms with Crippen LogP contribution in [-0.4, -0.2) is 44.9 Å². The van der Waals surface area contributed by atoms with E-state index in [4.69, 9.17) is 5.11 Å². The number of fused-ring (bicyclic) bond motifs is 1. The number of amides is 2. The van der Waals surface area contributed by atoms with Gasteiger partial charge in [0.1, 0.15) is 6.04 Å². The molecular weight excluding hydrogens is 290 g/mol. The molecule has 2 rings (SSSR count). The van der Waals surface area contributed by atoms with Crippen molar-refractivity contribution in [2.45, 2.75) is 26.3 Å². The number of carboxylic acids is 2. The molecule has 0 spiro atoms. The van der Waals surface area contributed by atoms with Crippen molar-refractivity contribution in [2.24, 2.45) is 5.92 Å². The number of carbonyl (C=O) groups excluding carboxylic acids is 2. The van der Waals surface area contributed by atoms with Gasteiger partial charge in [-0.05, 0) is 30.5 Å². The molecule has 0 fully saturated rings. The maximum absolute atomic E-state index is 12.4. The van der Waals surface area contributed by atoms with E-state index in [-0.39, 0.29) is 29.0 Å². The largest absolute Gasteiger partial charge is 0.480 e. The molecule has 7 heteroatoms. The summed E-state index contributed by atoms with van der Waals surface area (Å²) in [6, 6.07) is 2.30. The molecule has 1 atom stereocenters. The highest BCUT2D eigenvalue weighted by atomic mass is 16.4. The van der Waals surface area contributed by atoms with Crippen molar-refractivity contribution in [3.05, 3.63) is 34.9 Å². The number of rotatable bonds is 5. The van der Waals surface area contributed by atoms with Crippen LogP contribution in [0.25, 0.3) is 0 Å². The Kier molecular flexibility index (Phi) is 3.99. The number of hydrogen-bond acceptors (Lipinski definition) is 4. The fourth-order valence-electron chi connectivity index (χ4n) is 2.44. The molecule has 1 aromatic carbocycles. The lowest BCUT2D eigenvalue weighted by molar-refractivity contribution is -0.142. The van der Waals surface area contributed by atoms with Gasteiger partial charge in [0.15, 0.2) is 0 Å². The molecule has 0 unspecified atom stereocenters. The second kappa shape index (κ2) is 5.59. The summed E-state index contributed by atoms with van der Waals surface area (Å²) in [5, 5.41) is 18.2. The summed E-state index contributed by atoms with van der Waals surface area (Å²) in [7, 11) is 0. The van der Waals surface area contributed by atoms with E-state index in [9.17, 15) is 24.3 Å². The van der Waals surface area contributed by atoms with Crippen molar-refractivity contribution < 1.29 is 29.4 Å². The van der Waals surface area contributed by atoms with E-state index in [0.29, 0.717) is 4.90 Å². The van der Waals surface area contributed by atoms with E-state index in [1.54, 1.807) is 13.8 Å². The Morgan fingerprint density at radius 1 is 1.09 bits per heavy atom. The van der Waals surface area contributed by atoms with Crippen molar-refractivity contribution in [1.29, 1.82) is 0 Å². The monoisotopic (exact) mass is 305 g/mol. The van der Waals surface area contributed by atoms with Crippen LogP contribution in [0.2, 0.25) is 0 Å². The van der Waals surface area contributed by atoms with Crippen molar-refractivity contribution in [2.75, 3.05) is 0 Å². The van der Waals surface area contributed by atoms with E-state index < -0.39 is 29.8 Å². The summed E-state index contributed by atoms with van der Waals surface area (Å²) in [4.78, 5) is 47.7. The fraction of sp³-hybridized carbons (Fsp3) is 0.333. The van der Waals surface area contributed by atoms with Crippen LogP contribution in [-0.2, 0) is 4.79 Å². The average Bonchev–Trinajstić information content (AvgIpc) is 2.67. The third-order valence-electron chi connectivity index (χ3n) is 3.46. The second-order valence-electron chi connectivity index (χ2n) is 5.53. The summed E-state index contributed by atoms with van der Waals surface area (Å²) in [6.45, 7) is 3.58. The number of nitrogens with zero attached hydrogens (tertiary/aromatic N) is 1. The van der Waals surface area contributed by atoms with Crippen LogP contribution >= 0.6 is 0 Å². The predicted molar refractivity (Wildman–Crippen MR) is 74.8 cm³/mol. The highest BCUT2D eigenvalue weighted by Crippen LogP contribution is 2.28. The summed E-state index contributed by atoms with van der Waals surface area (Å²) >= 11 is 0. The first-order chi connectivity index (χ1) is 10.2. The molecule has 0 saturated heterocycles. The SMILES string of the molecule is CC(C)C[C@H](C(=O)O)N1C(=O)c2ccc(C(=O)O)cc2C1=O. The fourth-order valence-corrected chi connectivity index (χ4v) is 2.44. The molecule has 2 N–H and O–H groups in total. The molecule has 1 aliphatic heterocycles. The van der Waals surface area contributed by atoms with Crippen LogP contribution in [0.5, 0.6) is 0 Å². The first kappa shape index (κ1) is 15.7. The number of carbonyl (C=O) groups is 4. The smallest absolute Gasteiger partial charge is 0.335 e. The van der Waals surface area contributed by atoms with Crippen LogP contribution in [0.1, 0.15) is 51.3 Å². The molecule has 0 saturated carbocycles. The first-order valence-electron chi connectivity index (χ1n) is 6.72. The molecule has 22 heavy (non-hydrogen) atoms. The van der Waals surface area contributed by atoms with Gasteiger partial charge in [-0.15, -0.1) is 0 Å². The molecule has 116 valence electrons. The Balaban J connectivity index is 2.45. The summed E-state index contributed by atoms with van der Waals surface area (Å²) in [5.74, 6) is -3.98. The molecule has 0 aromatic heterocycles. The van der Waals surface area contributed by atoms with Gasteiger partial charge in [0.25, 0.3) is 11.8 Å². The van der Waals surface area contributed by atoms with Crippen molar-refractivity contribution in [3.8, 4) is 0 Å². The van der Waals surface area contributed by atoms with E-state index in [1.807, 2.05) is 0 Å². The number of aliphatic carboxylic acids is 1. The zero-order valence-corrected chi connectivity index (χ0v) is 12.1. The Labute approximate surface area is 126 Å². The van der Waals surface area contributed by atoms with Gasteiger partial charge < -0.3 is 10.2 Å². The minimum atomic E-state index is -1.26. The standard InChI is InChI=1S/C15H15NO6/c1-7(2)5-11(15(21)22)16-12(17)9-4-3-8(14(19)20)6-10(9)13(16)18/h3-4,6-7,11H,5H2,1-2H3,(H,19,20)(H,21,22)/t11-/m1/s1. The van der Waals surface area contributed by atoms with Gasteiger partial charge in [-0.3, -0.25) is 14.5 Å². The minimum Gasteiger partial charge on any atom is -0.480 e. The maximum atomic E-state index is 12.4. The van der Waals surface area contributed by atoms with Crippen LogP contribution in [0.4, 0.5) is 0 Å². The first-order valence-corrected chi connectivity index (χ1v) is 6.72. The number of imide groups is 1. The van der Waals surface area contributed by atoms with Crippen LogP contribution in [0.3, 0.4) is 0 Å². The maximum Gasteiger partial charge on any atom is 0.335 e. The van der Waals surface area contributed by atoms with E-state index in [1.165, 1.54) is 12.1 Å².